The molecule has 0 radical (unpaired) electrons. The van der Waals surface area contributed by atoms with Gasteiger partial charge in [0.15, 0.2) is 0 Å². The Morgan fingerprint density at radius 2 is 0.570 bits per heavy atom. The topological polar surface area (TPSA) is 0 Å². The van der Waals surface area contributed by atoms with Gasteiger partial charge in [-0.3, -0.25) is 0 Å². The smallest absolute Gasteiger partial charge is 0.0433 e. The molecule has 0 aliphatic heterocycles. The number of fused-ring (bicyclic) bond motifs is 18. The molecule has 14 aromatic carbocycles. The van der Waals surface area contributed by atoms with E-state index in [1.54, 1.807) is 0 Å². The van der Waals surface area contributed by atoms with Gasteiger partial charge in [0.2, 0.25) is 0 Å². The van der Waals surface area contributed by atoms with E-state index in [1.165, 1.54) is 186 Å². The molecule has 1 heterocycles. The molecule has 4 aliphatic rings. The summed E-state index contributed by atoms with van der Waals surface area (Å²) in [7, 11) is 0. The minimum absolute atomic E-state index is 0.00861. The van der Waals surface area contributed by atoms with Crippen LogP contribution in [-0.4, -0.2) is 0 Å². The third kappa shape index (κ3) is 8.35. The second-order valence-electron chi connectivity index (χ2n) is 28.7. The number of benzene rings is 14. The molecule has 0 atom stereocenters. The van der Waals surface area contributed by atoms with Crippen LogP contribution in [-0.2, 0) is 21.7 Å². The van der Waals surface area contributed by atoms with Crippen LogP contribution in [0, 0.1) is 0 Å². The third-order valence-corrected chi connectivity index (χ3v) is 23.3. The minimum Gasteiger partial charge on any atom is -0.135 e. The van der Waals surface area contributed by atoms with Crippen molar-refractivity contribution in [3.05, 3.63) is 324 Å². The normalized spacial score (nSPS) is 15.0. The van der Waals surface area contributed by atoms with Crippen molar-refractivity contribution < 1.29 is 0 Å². The lowest BCUT2D eigenvalue weighted by Gasteiger charge is -2.30. The predicted octanol–water partition coefficient (Wildman–Crippen LogP) is 25.6. The Bertz CT molecular complexity index is 5690. The van der Waals surface area contributed by atoms with Crippen molar-refractivity contribution in [2.75, 3.05) is 0 Å². The standard InChI is InChI=1S/C50H38.C42H32S/c1-49(2)45-15-8-7-14-41(45)43-24-25-44-42-23-22-40(30-46(42)50(3,4)48(44)47(43)49)34-13-9-12-33(27-34)35-18-19-39-29-38(21-20-37(39)28-35)36-17-16-31-10-5-6-11-32(31)26-36;1-41(2)35-17-7-5-13-29(35)33-23-34-30-20-19-26(22-36(30)42(3,4)38(34)24-37(33)41)25-11-9-12-27(21-25)28-15-10-16-32-31-14-6-8-18-39(31)43-40(28)32/h5-30H,1-4H3;5-24H,1-4H3. The molecule has 0 unspecified atom stereocenters. The van der Waals surface area contributed by atoms with Gasteiger partial charge in [0.25, 0.3) is 0 Å². The van der Waals surface area contributed by atoms with Crippen LogP contribution in [0.3, 0.4) is 0 Å². The quantitative estimate of drug-likeness (QED) is 0.161. The second-order valence-corrected chi connectivity index (χ2v) is 29.8. The van der Waals surface area contributed by atoms with E-state index in [0.717, 1.165) is 0 Å². The Labute approximate surface area is 550 Å². The van der Waals surface area contributed by atoms with E-state index >= 15 is 0 Å². The predicted molar refractivity (Wildman–Crippen MR) is 398 cm³/mol. The summed E-state index contributed by atoms with van der Waals surface area (Å²) >= 11 is 1.90. The summed E-state index contributed by atoms with van der Waals surface area (Å²) in [5, 5.41) is 7.75. The number of hydrogen-bond acceptors (Lipinski definition) is 1. The molecule has 1 heteroatoms. The lowest BCUT2D eigenvalue weighted by molar-refractivity contribution is 0.601. The maximum absolute atomic E-state index is 2.52. The minimum atomic E-state index is -0.104. The van der Waals surface area contributed by atoms with E-state index in [0.29, 0.717) is 0 Å². The highest BCUT2D eigenvalue weighted by molar-refractivity contribution is 7.26. The van der Waals surface area contributed by atoms with Crippen molar-refractivity contribution in [1.82, 2.24) is 0 Å². The lowest BCUT2D eigenvalue weighted by Crippen LogP contribution is -2.24. The summed E-state index contributed by atoms with van der Waals surface area (Å²) in [6.07, 6.45) is 0. The van der Waals surface area contributed by atoms with E-state index in [1.807, 2.05) is 11.3 Å². The molecule has 0 spiro atoms. The van der Waals surface area contributed by atoms with E-state index in [4.69, 9.17) is 0 Å². The van der Waals surface area contributed by atoms with Gasteiger partial charge < -0.3 is 0 Å². The SMILES string of the molecule is CC1(C)c2ccccc2-c2cc3c(cc21)C(C)(C)c1cc(-c2cccc(-c4cccc5c4sc4ccccc45)c2)ccc1-3.CC1(C)c2ccccc2-c2ccc3c(c21)C(C)(C)c1cc(-c2cccc(-c4ccc5cc(-c6ccc7ccccc7c6)ccc5c4)c2)ccc1-3. The third-order valence-electron chi connectivity index (χ3n) is 22.1. The average molecular weight is 1210 g/mol. The molecule has 0 saturated carbocycles. The summed E-state index contributed by atoms with van der Waals surface area (Å²) in [5.41, 5.74) is 35.2. The van der Waals surface area contributed by atoms with E-state index in [9.17, 15) is 0 Å². The van der Waals surface area contributed by atoms with Gasteiger partial charge in [-0.15, -0.1) is 11.3 Å². The first kappa shape index (κ1) is 55.6. The highest BCUT2D eigenvalue weighted by Crippen LogP contribution is 2.60. The van der Waals surface area contributed by atoms with Gasteiger partial charge in [0.05, 0.1) is 0 Å². The van der Waals surface area contributed by atoms with Crippen LogP contribution >= 0.6 is 11.3 Å². The van der Waals surface area contributed by atoms with Gasteiger partial charge in [-0.05, 0) is 221 Å². The fourth-order valence-electron chi connectivity index (χ4n) is 17.2. The molecule has 15 aromatic rings. The van der Waals surface area contributed by atoms with Gasteiger partial charge in [-0.1, -0.05) is 280 Å². The fraction of sp³-hybridized carbons (Fsp3) is 0.130. The molecule has 444 valence electrons. The van der Waals surface area contributed by atoms with Crippen molar-refractivity contribution in [1.29, 1.82) is 0 Å². The summed E-state index contributed by atoms with van der Waals surface area (Å²) in [4.78, 5) is 0. The molecule has 0 saturated heterocycles. The molecule has 1 aromatic heterocycles. The Morgan fingerprint density at radius 3 is 1.19 bits per heavy atom. The molecule has 93 heavy (non-hydrogen) atoms. The van der Waals surface area contributed by atoms with Crippen LogP contribution in [0.5, 0.6) is 0 Å². The van der Waals surface area contributed by atoms with Gasteiger partial charge in [0, 0.05) is 41.8 Å². The zero-order chi connectivity index (χ0) is 62.9. The molecular formula is C92H70S. The Balaban J connectivity index is 0.000000138. The molecular weight excluding hydrogens is 1140 g/mol. The van der Waals surface area contributed by atoms with Crippen molar-refractivity contribution >= 4 is 53.1 Å². The zero-order valence-corrected chi connectivity index (χ0v) is 54.8. The van der Waals surface area contributed by atoms with Crippen LogP contribution < -0.4 is 0 Å². The van der Waals surface area contributed by atoms with Gasteiger partial charge in [-0.2, -0.15) is 0 Å². The van der Waals surface area contributed by atoms with Gasteiger partial charge in [0.1, 0.15) is 0 Å². The van der Waals surface area contributed by atoms with E-state index in [-0.39, 0.29) is 21.7 Å². The Kier molecular flexibility index (Phi) is 12.1. The maximum Gasteiger partial charge on any atom is 0.0433 e. The molecule has 0 amide bonds. The van der Waals surface area contributed by atoms with Crippen molar-refractivity contribution in [2.24, 2.45) is 0 Å². The molecule has 0 nitrogen and oxygen atoms in total. The molecule has 0 fully saturated rings. The lowest BCUT2D eigenvalue weighted by atomic mass is 9.72. The maximum atomic E-state index is 2.52. The van der Waals surface area contributed by atoms with E-state index < -0.39 is 0 Å². The molecule has 0 N–H and O–H groups in total. The molecule has 0 bridgehead atoms. The first-order valence-electron chi connectivity index (χ1n) is 33.1. The van der Waals surface area contributed by atoms with E-state index in [2.05, 4.69) is 334 Å². The second kappa shape index (κ2) is 20.2. The Hall–Kier alpha value is -10.2. The average Bonchev–Trinajstić information content (AvgIpc) is 1.54. The van der Waals surface area contributed by atoms with Crippen LogP contribution in [0.2, 0.25) is 0 Å². The van der Waals surface area contributed by atoms with Gasteiger partial charge >= 0.3 is 0 Å². The molecule has 4 aliphatic carbocycles. The number of rotatable bonds is 5. The summed E-state index contributed by atoms with van der Waals surface area (Å²) in [6.45, 7) is 19.2. The molecule has 19 rings (SSSR count). The largest absolute Gasteiger partial charge is 0.135 e. The number of hydrogen-bond donors (Lipinski definition) is 0. The van der Waals surface area contributed by atoms with Crippen LogP contribution in [0.15, 0.2) is 279 Å². The van der Waals surface area contributed by atoms with Crippen LogP contribution in [0.4, 0.5) is 0 Å². The highest BCUT2D eigenvalue weighted by Gasteiger charge is 2.46. The highest BCUT2D eigenvalue weighted by atomic mass is 32.1. The first-order valence-corrected chi connectivity index (χ1v) is 33.9. The van der Waals surface area contributed by atoms with Crippen molar-refractivity contribution in [2.45, 2.75) is 77.0 Å². The van der Waals surface area contributed by atoms with Crippen molar-refractivity contribution in [3.8, 4) is 100 Å². The fourth-order valence-corrected chi connectivity index (χ4v) is 18.4. The zero-order valence-electron chi connectivity index (χ0n) is 54.0. The van der Waals surface area contributed by atoms with Gasteiger partial charge in [-0.25, -0.2) is 0 Å². The Morgan fingerprint density at radius 1 is 0.204 bits per heavy atom. The van der Waals surface area contributed by atoms with Crippen LogP contribution in [0.25, 0.3) is 142 Å². The summed E-state index contributed by atoms with van der Waals surface area (Å²) in [5.74, 6) is 0. The van der Waals surface area contributed by atoms with Crippen LogP contribution in [0.1, 0.15) is 99.9 Å². The monoisotopic (exact) mass is 1210 g/mol. The first-order chi connectivity index (χ1) is 45.1. The van der Waals surface area contributed by atoms with Crippen molar-refractivity contribution in [3.63, 3.8) is 0 Å². The summed E-state index contributed by atoms with van der Waals surface area (Å²) < 4.78 is 2.71. The number of thiophene rings is 1. The summed E-state index contributed by atoms with van der Waals surface area (Å²) in [6, 6.07) is 105.